The fraction of sp³-hybridized carbons (Fsp3) is 0.364. The summed E-state index contributed by atoms with van der Waals surface area (Å²) in [6.45, 7) is 0. The Balaban J connectivity index is 2.35. The van der Waals surface area contributed by atoms with Crippen LogP contribution in [0.15, 0.2) is 18.2 Å². The van der Waals surface area contributed by atoms with Crippen LogP contribution in [0.25, 0.3) is 0 Å². The van der Waals surface area contributed by atoms with Crippen LogP contribution < -0.4 is 9.46 Å². The molecule has 0 aromatic heterocycles. The van der Waals surface area contributed by atoms with Crippen LogP contribution in [0, 0.1) is 0 Å². The second kappa shape index (κ2) is 4.49. The lowest BCUT2D eigenvalue weighted by Crippen LogP contribution is -2.19. The average molecular weight is 271 g/mol. The second-order valence-corrected chi connectivity index (χ2v) is 6.02. The smallest absolute Gasteiger partial charge is 0.337 e. The Kier molecular flexibility index (Phi) is 3.16. The molecule has 7 heteroatoms. The van der Waals surface area contributed by atoms with Crippen molar-refractivity contribution in [2.75, 3.05) is 11.8 Å². The maximum absolute atomic E-state index is 11.8. The van der Waals surface area contributed by atoms with Crippen molar-refractivity contribution in [3.05, 3.63) is 23.8 Å². The third-order valence-corrected chi connectivity index (χ3v) is 4.53. The molecule has 0 aliphatic heterocycles. The minimum atomic E-state index is -3.47. The Morgan fingerprint density at radius 3 is 2.61 bits per heavy atom. The van der Waals surface area contributed by atoms with Crippen LogP contribution >= 0.6 is 0 Å². The number of benzene rings is 1. The van der Waals surface area contributed by atoms with Crippen LogP contribution in [0.2, 0.25) is 0 Å². The number of rotatable bonds is 5. The van der Waals surface area contributed by atoms with Crippen LogP contribution in [0.3, 0.4) is 0 Å². The summed E-state index contributed by atoms with van der Waals surface area (Å²) in [5, 5.41) is 8.64. The minimum Gasteiger partial charge on any atom is -0.497 e. The van der Waals surface area contributed by atoms with E-state index in [1.54, 1.807) is 0 Å². The zero-order chi connectivity index (χ0) is 13.3. The van der Waals surface area contributed by atoms with Gasteiger partial charge in [-0.3, -0.25) is 4.72 Å². The van der Waals surface area contributed by atoms with E-state index in [4.69, 9.17) is 9.84 Å². The number of hydrogen-bond acceptors (Lipinski definition) is 4. The number of carboxylic acids is 1. The SMILES string of the molecule is COc1ccc(NS(=O)(=O)C2CC2)c(C(=O)O)c1. The highest BCUT2D eigenvalue weighted by molar-refractivity contribution is 7.93. The summed E-state index contributed by atoms with van der Waals surface area (Å²) in [5.74, 6) is -0.843. The maximum Gasteiger partial charge on any atom is 0.337 e. The van der Waals surface area contributed by atoms with Gasteiger partial charge in [0.05, 0.1) is 23.6 Å². The van der Waals surface area contributed by atoms with Gasteiger partial charge >= 0.3 is 5.97 Å². The highest BCUT2D eigenvalue weighted by Crippen LogP contribution is 2.31. The summed E-state index contributed by atoms with van der Waals surface area (Å²) in [6, 6.07) is 4.19. The van der Waals surface area contributed by atoms with Crippen molar-refractivity contribution in [3.8, 4) is 5.75 Å². The summed E-state index contributed by atoms with van der Waals surface area (Å²) in [7, 11) is -2.06. The second-order valence-electron chi connectivity index (χ2n) is 4.06. The number of carbonyl (C=O) groups is 1. The topological polar surface area (TPSA) is 92.7 Å². The maximum atomic E-state index is 11.8. The summed E-state index contributed by atoms with van der Waals surface area (Å²) in [6.07, 6.45) is 1.24. The molecule has 1 aromatic carbocycles. The molecule has 1 aliphatic carbocycles. The number of anilines is 1. The molecule has 2 rings (SSSR count). The van der Waals surface area contributed by atoms with Gasteiger partial charge in [-0.1, -0.05) is 0 Å². The Bertz CT molecular complexity index is 577. The third-order valence-electron chi connectivity index (χ3n) is 2.67. The predicted octanol–water partition coefficient (Wildman–Crippen LogP) is 1.30. The molecule has 0 atom stereocenters. The van der Waals surface area contributed by atoms with Gasteiger partial charge in [0.15, 0.2) is 0 Å². The molecular weight excluding hydrogens is 258 g/mol. The molecule has 0 saturated heterocycles. The van der Waals surface area contributed by atoms with Crippen molar-refractivity contribution in [2.24, 2.45) is 0 Å². The lowest BCUT2D eigenvalue weighted by Gasteiger charge is -2.11. The van der Waals surface area contributed by atoms with E-state index < -0.39 is 21.2 Å². The molecule has 1 saturated carbocycles. The Hall–Kier alpha value is -1.76. The van der Waals surface area contributed by atoms with Gasteiger partial charge in [-0.2, -0.15) is 0 Å². The average Bonchev–Trinajstić information content (AvgIpc) is 3.12. The van der Waals surface area contributed by atoms with E-state index in [-0.39, 0.29) is 11.3 Å². The highest BCUT2D eigenvalue weighted by Gasteiger charge is 2.36. The van der Waals surface area contributed by atoms with E-state index >= 15 is 0 Å². The standard InChI is InChI=1S/C11H13NO5S/c1-17-7-2-5-10(9(6-7)11(13)14)12-18(15,16)8-3-4-8/h2,5-6,8,12H,3-4H2,1H3,(H,13,14). The molecule has 0 amide bonds. The highest BCUT2D eigenvalue weighted by atomic mass is 32.2. The van der Waals surface area contributed by atoms with Crippen LogP contribution in [-0.4, -0.2) is 31.9 Å². The van der Waals surface area contributed by atoms with E-state index in [0.29, 0.717) is 18.6 Å². The Labute approximate surface area is 105 Å². The van der Waals surface area contributed by atoms with Gasteiger partial charge in [0.2, 0.25) is 10.0 Å². The van der Waals surface area contributed by atoms with Crippen LogP contribution in [0.5, 0.6) is 5.75 Å². The molecular formula is C11H13NO5S. The quantitative estimate of drug-likeness (QED) is 0.842. The van der Waals surface area contributed by atoms with Gasteiger partial charge in [-0.25, -0.2) is 13.2 Å². The fourth-order valence-corrected chi connectivity index (χ4v) is 2.94. The van der Waals surface area contributed by atoms with Crippen molar-refractivity contribution in [3.63, 3.8) is 0 Å². The largest absolute Gasteiger partial charge is 0.497 e. The first kappa shape index (κ1) is 12.7. The minimum absolute atomic E-state index is 0.0650. The van der Waals surface area contributed by atoms with E-state index in [1.165, 1.54) is 25.3 Å². The number of ether oxygens (including phenoxy) is 1. The van der Waals surface area contributed by atoms with Gasteiger partial charge in [-0.15, -0.1) is 0 Å². The van der Waals surface area contributed by atoms with E-state index in [9.17, 15) is 13.2 Å². The molecule has 1 aliphatic rings. The Morgan fingerprint density at radius 2 is 2.11 bits per heavy atom. The molecule has 98 valence electrons. The van der Waals surface area contributed by atoms with Gasteiger partial charge in [0.25, 0.3) is 0 Å². The van der Waals surface area contributed by atoms with Gasteiger partial charge in [0.1, 0.15) is 5.75 Å². The normalized spacial score (nSPS) is 15.2. The monoisotopic (exact) mass is 271 g/mol. The summed E-state index contributed by atoms with van der Waals surface area (Å²) >= 11 is 0. The molecule has 0 heterocycles. The first-order valence-corrected chi connectivity index (χ1v) is 6.91. The van der Waals surface area contributed by atoms with E-state index in [0.717, 1.165) is 0 Å². The summed E-state index contributed by atoms with van der Waals surface area (Å²) in [4.78, 5) is 11.1. The van der Waals surface area contributed by atoms with Gasteiger partial charge in [0, 0.05) is 0 Å². The first-order chi connectivity index (χ1) is 8.44. The lowest BCUT2D eigenvalue weighted by atomic mass is 10.2. The summed E-state index contributed by atoms with van der Waals surface area (Å²) < 4.78 is 30.7. The number of sulfonamides is 1. The third kappa shape index (κ3) is 2.56. The molecule has 0 unspecified atom stereocenters. The van der Waals surface area contributed by atoms with Crippen LogP contribution in [0.4, 0.5) is 5.69 Å². The van der Waals surface area contributed by atoms with Crippen molar-refractivity contribution >= 4 is 21.7 Å². The van der Waals surface area contributed by atoms with E-state index in [1.807, 2.05) is 0 Å². The molecule has 1 aromatic rings. The Morgan fingerprint density at radius 1 is 1.44 bits per heavy atom. The lowest BCUT2D eigenvalue weighted by molar-refractivity contribution is 0.0697. The van der Waals surface area contributed by atoms with E-state index in [2.05, 4.69) is 4.72 Å². The molecule has 2 N–H and O–H groups in total. The van der Waals surface area contributed by atoms with Crippen molar-refractivity contribution < 1.29 is 23.1 Å². The fourth-order valence-electron chi connectivity index (χ4n) is 1.53. The van der Waals surface area contributed by atoms with Gasteiger partial charge < -0.3 is 9.84 Å². The number of methoxy groups -OCH3 is 1. The number of carboxylic acid groups (broad SMARTS) is 1. The van der Waals surface area contributed by atoms with Gasteiger partial charge in [-0.05, 0) is 31.0 Å². The molecule has 0 spiro atoms. The van der Waals surface area contributed by atoms with Crippen LogP contribution in [0.1, 0.15) is 23.2 Å². The molecule has 0 bridgehead atoms. The predicted molar refractivity (Wildman–Crippen MR) is 65.5 cm³/mol. The number of nitrogens with one attached hydrogen (secondary N) is 1. The zero-order valence-corrected chi connectivity index (χ0v) is 10.5. The van der Waals surface area contributed by atoms with Crippen molar-refractivity contribution in [1.29, 1.82) is 0 Å². The molecule has 18 heavy (non-hydrogen) atoms. The van der Waals surface area contributed by atoms with Crippen molar-refractivity contribution in [2.45, 2.75) is 18.1 Å². The van der Waals surface area contributed by atoms with Crippen molar-refractivity contribution in [1.82, 2.24) is 0 Å². The zero-order valence-electron chi connectivity index (χ0n) is 9.71. The molecule has 1 fully saturated rings. The number of aromatic carboxylic acids is 1. The molecule has 0 radical (unpaired) electrons. The first-order valence-electron chi connectivity index (χ1n) is 5.37. The number of hydrogen-bond donors (Lipinski definition) is 2. The summed E-state index contributed by atoms with van der Waals surface area (Å²) in [5.41, 5.74) is -0.0613. The van der Waals surface area contributed by atoms with Crippen LogP contribution in [-0.2, 0) is 10.0 Å². The molecule has 6 nitrogen and oxygen atoms in total.